The monoisotopic (exact) mass is 360 g/mol. The molecule has 0 aromatic heterocycles. The Hall–Kier alpha value is -2.40. The molecule has 0 aliphatic carbocycles. The predicted molar refractivity (Wildman–Crippen MR) is 97.3 cm³/mol. The van der Waals surface area contributed by atoms with Crippen molar-refractivity contribution < 1.29 is 14.3 Å². The quantitative estimate of drug-likeness (QED) is 0.870. The van der Waals surface area contributed by atoms with Crippen molar-refractivity contribution in [2.45, 2.75) is 25.9 Å². The van der Waals surface area contributed by atoms with Gasteiger partial charge in [0.15, 0.2) is 11.5 Å². The van der Waals surface area contributed by atoms with E-state index in [2.05, 4.69) is 10.6 Å². The molecule has 0 saturated carbocycles. The number of urea groups is 1. The number of hydrogen-bond acceptors (Lipinski definition) is 3. The van der Waals surface area contributed by atoms with Gasteiger partial charge in [0.05, 0.1) is 5.54 Å². The van der Waals surface area contributed by atoms with E-state index in [1.54, 1.807) is 6.07 Å². The average Bonchev–Trinajstić information content (AvgIpc) is 2.60. The standard InChI is InChI=1S/C19H21ClN2O3/c1-19(2,14-7-8-16-17(11-14)25-10-9-24-16)22-18(23)21-12-13-5-3-4-6-15(13)20/h3-8,11H,9-10,12H2,1-2H3,(H2,21,22,23). The molecule has 0 fully saturated rings. The summed E-state index contributed by atoms with van der Waals surface area (Å²) in [6.45, 7) is 5.32. The molecular formula is C19H21ClN2O3. The van der Waals surface area contributed by atoms with Gasteiger partial charge in [0.1, 0.15) is 13.2 Å². The van der Waals surface area contributed by atoms with Gasteiger partial charge >= 0.3 is 6.03 Å². The second-order valence-corrected chi connectivity index (χ2v) is 6.79. The molecule has 1 heterocycles. The number of ether oxygens (including phenoxy) is 2. The van der Waals surface area contributed by atoms with Crippen LogP contribution >= 0.6 is 11.6 Å². The molecule has 3 rings (SSSR count). The summed E-state index contributed by atoms with van der Waals surface area (Å²) in [6.07, 6.45) is 0. The van der Waals surface area contributed by atoms with Crippen LogP contribution in [0.25, 0.3) is 0 Å². The number of amides is 2. The zero-order chi connectivity index (χ0) is 17.9. The van der Waals surface area contributed by atoms with Crippen LogP contribution in [0.2, 0.25) is 5.02 Å². The van der Waals surface area contributed by atoms with Crippen LogP contribution < -0.4 is 20.1 Å². The molecule has 25 heavy (non-hydrogen) atoms. The van der Waals surface area contributed by atoms with Gasteiger partial charge in [-0.3, -0.25) is 0 Å². The zero-order valence-electron chi connectivity index (χ0n) is 14.3. The summed E-state index contributed by atoms with van der Waals surface area (Å²) < 4.78 is 11.1. The van der Waals surface area contributed by atoms with Gasteiger partial charge in [-0.25, -0.2) is 4.79 Å². The van der Waals surface area contributed by atoms with Crippen molar-refractivity contribution in [2.75, 3.05) is 13.2 Å². The van der Waals surface area contributed by atoms with Crippen molar-refractivity contribution in [3.05, 3.63) is 58.6 Å². The lowest BCUT2D eigenvalue weighted by molar-refractivity contribution is 0.171. The van der Waals surface area contributed by atoms with Gasteiger partial charge in [-0.15, -0.1) is 0 Å². The van der Waals surface area contributed by atoms with Crippen molar-refractivity contribution in [3.63, 3.8) is 0 Å². The van der Waals surface area contributed by atoms with E-state index in [9.17, 15) is 4.79 Å². The van der Waals surface area contributed by atoms with Crippen LogP contribution in [0.1, 0.15) is 25.0 Å². The Bertz CT molecular complexity index is 777. The minimum absolute atomic E-state index is 0.264. The number of hydrogen-bond donors (Lipinski definition) is 2. The maximum absolute atomic E-state index is 12.3. The van der Waals surface area contributed by atoms with Gasteiger partial charge in [0.2, 0.25) is 0 Å². The number of nitrogens with one attached hydrogen (secondary N) is 2. The van der Waals surface area contributed by atoms with Crippen LogP contribution in [-0.4, -0.2) is 19.2 Å². The first-order valence-corrected chi connectivity index (χ1v) is 8.53. The predicted octanol–water partition coefficient (Wildman–Crippen LogP) is 3.85. The molecule has 0 bridgehead atoms. The molecule has 2 amide bonds. The minimum Gasteiger partial charge on any atom is -0.486 e. The van der Waals surface area contributed by atoms with Crippen LogP contribution in [-0.2, 0) is 12.1 Å². The number of rotatable bonds is 4. The van der Waals surface area contributed by atoms with Crippen LogP contribution in [0.4, 0.5) is 4.79 Å². The number of halogens is 1. The van der Waals surface area contributed by atoms with Crippen molar-refractivity contribution >= 4 is 17.6 Å². The summed E-state index contributed by atoms with van der Waals surface area (Å²) in [5, 5.41) is 6.45. The first kappa shape index (κ1) is 17.4. The summed E-state index contributed by atoms with van der Waals surface area (Å²) in [5.74, 6) is 1.43. The highest BCUT2D eigenvalue weighted by atomic mass is 35.5. The van der Waals surface area contributed by atoms with E-state index in [0.717, 1.165) is 16.9 Å². The Morgan fingerprint density at radius 1 is 1.12 bits per heavy atom. The Balaban J connectivity index is 1.64. The number of carbonyl (C=O) groups is 1. The fourth-order valence-electron chi connectivity index (χ4n) is 2.65. The third-order valence-electron chi connectivity index (χ3n) is 4.09. The number of fused-ring (bicyclic) bond motifs is 1. The Kier molecular flexibility index (Phi) is 5.04. The summed E-state index contributed by atoms with van der Waals surface area (Å²) in [4.78, 5) is 12.3. The lowest BCUT2D eigenvalue weighted by Crippen LogP contribution is -2.46. The van der Waals surface area contributed by atoms with E-state index >= 15 is 0 Å². The topological polar surface area (TPSA) is 59.6 Å². The van der Waals surface area contributed by atoms with Crippen LogP contribution in [0.15, 0.2) is 42.5 Å². The molecular weight excluding hydrogens is 340 g/mol. The Labute approximate surface area is 152 Å². The van der Waals surface area contributed by atoms with E-state index < -0.39 is 5.54 Å². The highest BCUT2D eigenvalue weighted by Gasteiger charge is 2.25. The van der Waals surface area contributed by atoms with Gasteiger partial charge in [0, 0.05) is 11.6 Å². The molecule has 2 aromatic carbocycles. The molecule has 5 nitrogen and oxygen atoms in total. The van der Waals surface area contributed by atoms with E-state index in [0.29, 0.717) is 30.5 Å². The van der Waals surface area contributed by atoms with Gasteiger partial charge in [0.25, 0.3) is 0 Å². The lowest BCUT2D eigenvalue weighted by atomic mass is 9.94. The smallest absolute Gasteiger partial charge is 0.315 e. The molecule has 0 saturated heterocycles. The second kappa shape index (κ2) is 7.23. The van der Waals surface area contributed by atoms with Crippen LogP contribution in [0.3, 0.4) is 0 Å². The Morgan fingerprint density at radius 2 is 1.84 bits per heavy atom. The molecule has 0 unspecified atom stereocenters. The maximum atomic E-state index is 12.3. The third-order valence-corrected chi connectivity index (χ3v) is 4.46. The summed E-state index contributed by atoms with van der Waals surface area (Å²) in [7, 11) is 0. The normalized spacial score (nSPS) is 13.2. The Morgan fingerprint density at radius 3 is 2.60 bits per heavy atom. The number of benzene rings is 2. The fourth-order valence-corrected chi connectivity index (χ4v) is 2.85. The van der Waals surface area contributed by atoms with Crippen LogP contribution in [0, 0.1) is 0 Å². The van der Waals surface area contributed by atoms with E-state index in [-0.39, 0.29) is 6.03 Å². The number of carbonyl (C=O) groups excluding carboxylic acids is 1. The molecule has 2 aromatic rings. The molecule has 1 aliphatic rings. The van der Waals surface area contributed by atoms with Crippen molar-refractivity contribution in [1.29, 1.82) is 0 Å². The van der Waals surface area contributed by atoms with Crippen molar-refractivity contribution in [1.82, 2.24) is 10.6 Å². The molecule has 6 heteroatoms. The highest BCUT2D eigenvalue weighted by molar-refractivity contribution is 6.31. The molecule has 0 atom stereocenters. The molecule has 0 radical (unpaired) electrons. The van der Waals surface area contributed by atoms with E-state index in [1.165, 1.54) is 0 Å². The summed E-state index contributed by atoms with van der Waals surface area (Å²) >= 11 is 6.11. The molecule has 2 N–H and O–H groups in total. The maximum Gasteiger partial charge on any atom is 0.315 e. The average molecular weight is 361 g/mol. The second-order valence-electron chi connectivity index (χ2n) is 6.38. The summed E-state index contributed by atoms with van der Waals surface area (Å²) in [6, 6.07) is 12.9. The van der Waals surface area contributed by atoms with Gasteiger partial charge in [-0.05, 0) is 43.2 Å². The van der Waals surface area contributed by atoms with E-state index in [1.807, 2.05) is 50.2 Å². The first-order chi connectivity index (χ1) is 12.0. The molecule has 1 aliphatic heterocycles. The SMILES string of the molecule is CC(C)(NC(=O)NCc1ccccc1Cl)c1ccc2c(c1)OCCO2. The van der Waals surface area contributed by atoms with Gasteiger partial charge in [-0.1, -0.05) is 35.9 Å². The highest BCUT2D eigenvalue weighted by Crippen LogP contribution is 2.34. The van der Waals surface area contributed by atoms with Crippen LogP contribution in [0.5, 0.6) is 11.5 Å². The first-order valence-electron chi connectivity index (χ1n) is 8.15. The largest absolute Gasteiger partial charge is 0.486 e. The molecule has 0 spiro atoms. The third kappa shape index (κ3) is 4.17. The fraction of sp³-hybridized carbons (Fsp3) is 0.316. The zero-order valence-corrected chi connectivity index (χ0v) is 15.0. The molecule has 132 valence electrons. The minimum atomic E-state index is -0.569. The van der Waals surface area contributed by atoms with Gasteiger partial charge in [-0.2, -0.15) is 0 Å². The van der Waals surface area contributed by atoms with Gasteiger partial charge < -0.3 is 20.1 Å². The van der Waals surface area contributed by atoms with Crippen molar-refractivity contribution in [2.24, 2.45) is 0 Å². The van der Waals surface area contributed by atoms with E-state index in [4.69, 9.17) is 21.1 Å². The van der Waals surface area contributed by atoms with Crippen molar-refractivity contribution in [3.8, 4) is 11.5 Å². The summed E-state index contributed by atoms with van der Waals surface area (Å²) in [5.41, 5.74) is 1.24. The lowest BCUT2D eigenvalue weighted by Gasteiger charge is -2.28.